The maximum atomic E-state index is 4.55. The van der Waals surface area contributed by atoms with Gasteiger partial charge in [0.25, 0.3) is 0 Å². The van der Waals surface area contributed by atoms with Gasteiger partial charge in [-0.25, -0.2) is 4.98 Å². The van der Waals surface area contributed by atoms with Crippen molar-refractivity contribution in [2.24, 2.45) is 0 Å². The standard InChI is InChI=1S/C13H22N4/c1-11-10-17(7-6-16(11)3)13-5-4-12(8-14-2)9-15-13/h4-5,9,11,14H,6-8,10H2,1-3H3. The topological polar surface area (TPSA) is 31.4 Å². The number of piperazine rings is 1. The van der Waals surface area contributed by atoms with Crippen LogP contribution in [-0.4, -0.2) is 49.7 Å². The summed E-state index contributed by atoms with van der Waals surface area (Å²) >= 11 is 0. The second-order valence-electron chi connectivity index (χ2n) is 4.83. The van der Waals surface area contributed by atoms with Gasteiger partial charge in [-0.15, -0.1) is 0 Å². The molecular weight excluding hydrogens is 212 g/mol. The van der Waals surface area contributed by atoms with Gasteiger partial charge in [-0.2, -0.15) is 0 Å². The predicted octanol–water partition coefficient (Wildman–Crippen LogP) is 0.941. The molecule has 0 spiro atoms. The van der Waals surface area contributed by atoms with Gasteiger partial charge in [0.1, 0.15) is 5.82 Å². The van der Waals surface area contributed by atoms with Crippen molar-refractivity contribution in [3.8, 4) is 0 Å². The molecule has 0 bridgehead atoms. The van der Waals surface area contributed by atoms with Gasteiger partial charge in [-0.1, -0.05) is 6.07 Å². The Morgan fingerprint density at radius 2 is 2.24 bits per heavy atom. The van der Waals surface area contributed by atoms with E-state index in [4.69, 9.17) is 0 Å². The highest BCUT2D eigenvalue weighted by molar-refractivity contribution is 5.40. The Balaban J connectivity index is 2.02. The van der Waals surface area contributed by atoms with E-state index in [2.05, 4.69) is 46.2 Å². The lowest BCUT2D eigenvalue weighted by molar-refractivity contribution is 0.233. The third-order valence-electron chi connectivity index (χ3n) is 3.47. The van der Waals surface area contributed by atoms with Gasteiger partial charge in [-0.05, 0) is 32.6 Å². The molecule has 0 aliphatic carbocycles. The van der Waals surface area contributed by atoms with E-state index in [1.54, 1.807) is 0 Å². The molecule has 1 N–H and O–H groups in total. The molecule has 0 radical (unpaired) electrons. The summed E-state index contributed by atoms with van der Waals surface area (Å²) in [5.41, 5.74) is 1.23. The molecule has 0 amide bonds. The molecule has 4 nitrogen and oxygen atoms in total. The minimum absolute atomic E-state index is 0.600. The lowest BCUT2D eigenvalue weighted by Crippen LogP contribution is -2.50. The lowest BCUT2D eigenvalue weighted by Gasteiger charge is -2.38. The summed E-state index contributed by atoms with van der Waals surface area (Å²) in [6.45, 7) is 6.39. The van der Waals surface area contributed by atoms with E-state index >= 15 is 0 Å². The van der Waals surface area contributed by atoms with Gasteiger partial charge < -0.3 is 15.1 Å². The molecule has 1 saturated heterocycles. The summed E-state index contributed by atoms with van der Waals surface area (Å²) < 4.78 is 0. The summed E-state index contributed by atoms with van der Waals surface area (Å²) in [5.74, 6) is 1.10. The van der Waals surface area contributed by atoms with Crippen LogP contribution < -0.4 is 10.2 Å². The van der Waals surface area contributed by atoms with Crippen molar-refractivity contribution in [3.63, 3.8) is 0 Å². The largest absolute Gasteiger partial charge is 0.354 e. The minimum Gasteiger partial charge on any atom is -0.354 e. The molecule has 1 unspecified atom stereocenters. The average Bonchev–Trinajstić information content (AvgIpc) is 2.34. The second-order valence-corrected chi connectivity index (χ2v) is 4.83. The molecule has 1 aromatic rings. The minimum atomic E-state index is 0.600. The Labute approximate surface area is 104 Å². The summed E-state index contributed by atoms with van der Waals surface area (Å²) in [6.07, 6.45) is 1.97. The third-order valence-corrected chi connectivity index (χ3v) is 3.47. The number of nitrogens with one attached hydrogen (secondary N) is 1. The van der Waals surface area contributed by atoms with Crippen LogP contribution in [0.1, 0.15) is 12.5 Å². The van der Waals surface area contributed by atoms with Gasteiger partial charge in [-0.3, -0.25) is 0 Å². The number of pyridine rings is 1. The molecule has 0 aromatic carbocycles. The van der Waals surface area contributed by atoms with Crippen molar-refractivity contribution >= 4 is 5.82 Å². The fourth-order valence-electron chi connectivity index (χ4n) is 2.17. The van der Waals surface area contributed by atoms with Gasteiger partial charge in [0.2, 0.25) is 0 Å². The fourth-order valence-corrected chi connectivity index (χ4v) is 2.17. The van der Waals surface area contributed by atoms with Gasteiger partial charge in [0, 0.05) is 38.4 Å². The highest BCUT2D eigenvalue weighted by Gasteiger charge is 2.21. The van der Waals surface area contributed by atoms with Crippen LogP contribution >= 0.6 is 0 Å². The van der Waals surface area contributed by atoms with E-state index in [9.17, 15) is 0 Å². The lowest BCUT2D eigenvalue weighted by atomic mass is 10.2. The smallest absolute Gasteiger partial charge is 0.128 e. The number of rotatable bonds is 3. The van der Waals surface area contributed by atoms with Crippen LogP contribution in [0.25, 0.3) is 0 Å². The van der Waals surface area contributed by atoms with E-state index in [1.165, 1.54) is 5.56 Å². The molecule has 17 heavy (non-hydrogen) atoms. The highest BCUT2D eigenvalue weighted by atomic mass is 15.3. The van der Waals surface area contributed by atoms with Crippen LogP contribution in [0, 0.1) is 0 Å². The molecule has 1 aromatic heterocycles. The van der Waals surface area contributed by atoms with E-state index in [-0.39, 0.29) is 0 Å². The van der Waals surface area contributed by atoms with E-state index in [1.807, 2.05) is 13.2 Å². The monoisotopic (exact) mass is 234 g/mol. The van der Waals surface area contributed by atoms with Crippen LogP contribution in [0.2, 0.25) is 0 Å². The summed E-state index contributed by atoms with van der Waals surface area (Å²) in [6, 6.07) is 4.88. The van der Waals surface area contributed by atoms with Crippen molar-refractivity contribution in [2.75, 3.05) is 38.6 Å². The Kier molecular flexibility index (Phi) is 3.97. The van der Waals surface area contributed by atoms with Crippen LogP contribution in [0.4, 0.5) is 5.82 Å². The summed E-state index contributed by atoms with van der Waals surface area (Å²) in [7, 11) is 4.14. The van der Waals surface area contributed by atoms with E-state index < -0.39 is 0 Å². The van der Waals surface area contributed by atoms with Crippen molar-refractivity contribution < 1.29 is 0 Å². The Bertz CT molecular complexity index is 349. The quantitative estimate of drug-likeness (QED) is 0.843. The number of hydrogen-bond donors (Lipinski definition) is 1. The second kappa shape index (κ2) is 5.47. The molecule has 4 heteroatoms. The SMILES string of the molecule is CNCc1ccc(N2CCN(C)C(C)C2)nc1. The molecule has 94 valence electrons. The van der Waals surface area contributed by atoms with Crippen LogP contribution in [0.15, 0.2) is 18.3 Å². The number of nitrogens with zero attached hydrogens (tertiary/aromatic N) is 3. The first-order valence-electron chi connectivity index (χ1n) is 6.25. The molecule has 1 fully saturated rings. The van der Waals surface area contributed by atoms with Crippen molar-refractivity contribution in [3.05, 3.63) is 23.9 Å². The average molecular weight is 234 g/mol. The predicted molar refractivity (Wildman–Crippen MR) is 71.3 cm³/mol. The summed E-state index contributed by atoms with van der Waals surface area (Å²) in [4.78, 5) is 9.31. The number of likely N-dealkylation sites (N-methyl/N-ethyl adjacent to an activating group) is 1. The van der Waals surface area contributed by atoms with Gasteiger partial charge in [0.05, 0.1) is 0 Å². The molecule has 1 atom stereocenters. The van der Waals surface area contributed by atoms with E-state index in [0.29, 0.717) is 6.04 Å². The maximum Gasteiger partial charge on any atom is 0.128 e. The molecule has 2 heterocycles. The Morgan fingerprint density at radius 3 is 2.82 bits per heavy atom. The molecule has 1 aliphatic heterocycles. The van der Waals surface area contributed by atoms with Crippen molar-refractivity contribution in [1.29, 1.82) is 0 Å². The zero-order chi connectivity index (χ0) is 12.3. The fraction of sp³-hybridized carbons (Fsp3) is 0.615. The molecule has 1 aliphatic rings. The van der Waals surface area contributed by atoms with Gasteiger partial charge >= 0.3 is 0 Å². The van der Waals surface area contributed by atoms with Gasteiger partial charge in [0.15, 0.2) is 0 Å². The zero-order valence-corrected chi connectivity index (χ0v) is 11.0. The Morgan fingerprint density at radius 1 is 1.41 bits per heavy atom. The molecule has 2 rings (SSSR count). The van der Waals surface area contributed by atoms with E-state index in [0.717, 1.165) is 32.0 Å². The highest BCUT2D eigenvalue weighted by Crippen LogP contribution is 2.16. The van der Waals surface area contributed by atoms with Crippen molar-refractivity contribution in [1.82, 2.24) is 15.2 Å². The number of aromatic nitrogens is 1. The molecular formula is C13H22N4. The molecule has 0 saturated carbocycles. The Hall–Kier alpha value is -1.13. The first-order chi connectivity index (χ1) is 8.20. The van der Waals surface area contributed by atoms with Crippen molar-refractivity contribution in [2.45, 2.75) is 19.5 Å². The normalized spacial score (nSPS) is 21.8. The van der Waals surface area contributed by atoms with Crippen LogP contribution in [0.5, 0.6) is 0 Å². The third kappa shape index (κ3) is 2.96. The first kappa shape index (κ1) is 12.3. The zero-order valence-electron chi connectivity index (χ0n) is 11.0. The summed E-state index contributed by atoms with van der Waals surface area (Å²) in [5, 5.41) is 3.14. The number of hydrogen-bond acceptors (Lipinski definition) is 4. The van der Waals surface area contributed by atoms with Crippen LogP contribution in [-0.2, 0) is 6.54 Å². The van der Waals surface area contributed by atoms with Crippen LogP contribution in [0.3, 0.4) is 0 Å². The number of anilines is 1. The first-order valence-corrected chi connectivity index (χ1v) is 6.25. The maximum absolute atomic E-state index is 4.55.